The molecule has 0 bridgehead atoms. The average Bonchev–Trinajstić information content (AvgIpc) is 3.30. The Hall–Kier alpha value is -2.92. The van der Waals surface area contributed by atoms with Crippen LogP contribution in [0.1, 0.15) is 5.56 Å². The Morgan fingerprint density at radius 1 is 0.941 bits per heavy atom. The topological polar surface area (TPSA) is 92.3 Å². The Kier molecular flexibility index (Phi) is 7.84. The van der Waals surface area contributed by atoms with E-state index in [9.17, 15) is 13.2 Å². The van der Waals surface area contributed by atoms with Crippen molar-refractivity contribution < 1.29 is 13.2 Å². The van der Waals surface area contributed by atoms with Gasteiger partial charge >= 0.3 is 0 Å². The molecule has 0 atom stereocenters. The first-order valence-electron chi connectivity index (χ1n) is 10.1. The van der Waals surface area contributed by atoms with Crippen LogP contribution >= 0.6 is 34.7 Å². The van der Waals surface area contributed by atoms with Crippen molar-refractivity contribution >= 4 is 61.4 Å². The lowest BCUT2D eigenvalue weighted by molar-refractivity contribution is -0.114. The van der Waals surface area contributed by atoms with Gasteiger partial charge in [0.15, 0.2) is 4.34 Å². The maximum absolute atomic E-state index is 13.3. The van der Waals surface area contributed by atoms with Crippen LogP contribution in [0.3, 0.4) is 0 Å². The predicted octanol–water partition coefficient (Wildman–Crippen LogP) is 5.32. The number of aromatic nitrogens is 2. The third-order valence-corrected chi connectivity index (χ3v) is 8.67. The predicted molar refractivity (Wildman–Crippen MR) is 137 cm³/mol. The summed E-state index contributed by atoms with van der Waals surface area (Å²) >= 11 is 8.65. The number of anilines is 2. The number of halogens is 1. The standard InChI is InChI=1S/C23H19ClN4O3S3/c24-18-11-13-20(14-12-18)34(30,31)28(19-9-5-2-6-10-19)15-21(29)25-22-26-27-23(33-22)32-16-17-7-3-1-4-8-17/h1-14H,15-16H2,(H,25,26,29). The second kappa shape index (κ2) is 11.0. The van der Waals surface area contributed by atoms with Crippen LogP contribution in [0, 0.1) is 0 Å². The van der Waals surface area contributed by atoms with Crippen molar-refractivity contribution in [3.63, 3.8) is 0 Å². The highest BCUT2D eigenvalue weighted by molar-refractivity contribution is 8.00. The number of benzene rings is 3. The molecule has 7 nitrogen and oxygen atoms in total. The van der Waals surface area contributed by atoms with Crippen molar-refractivity contribution in [1.82, 2.24) is 10.2 Å². The number of para-hydroxylation sites is 1. The van der Waals surface area contributed by atoms with Crippen LogP contribution in [-0.4, -0.2) is 31.1 Å². The van der Waals surface area contributed by atoms with E-state index in [1.54, 1.807) is 30.3 Å². The molecule has 0 aliphatic heterocycles. The first kappa shape index (κ1) is 24.2. The summed E-state index contributed by atoms with van der Waals surface area (Å²) in [5.41, 5.74) is 1.52. The van der Waals surface area contributed by atoms with Gasteiger partial charge < -0.3 is 0 Å². The summed E-state index contributed by atoms with van der Waals surface area (Å²) in [5.74, 6) is 0.196. The number of sulfonamides is 1. The Morgan fingerprint density at radius 2 is 1.59 bits per heavy atom. The van der Waals surface area contributed by atoms with E-state index in [0.29, 0.717) is 20.2 Å². The molecular weight excluding hydrogens is 512 g/mol. The normalized spacial score (nSPS) is 11.2. The van der Waals surface area contributed by atoms with Gasteiger partial charge in [0.25, 0.3) is 10.0 Å². The molecule has 0 unspecified atom stereocenters. The van der Waals surface area contributed by atoms with Crippen molar-refractivity contribution in [3.05, 3.63) is 95.5 Å². The van der Waals surface area contributed by atoms with Crippen LogP contribution in [0.5, 0.6) is 0 Å². The maximum Gasteiger partial charge on any atom is 0.264 e. The zero-order chi connectivity index (χ0) is 24.0. The first-order chi connectivity index (χ1) is 16.4. The van der Waals surface area contributed by atoms with E-state index < -0.39 is 22.5 Å². The summed E-state index contributed by atoms with van der Waals surface area (Å²) in [7, 11) is -4.02. The highest BCUT2D eigenvalue weighted by atomic mass is 35.5. The van der Waals surface area contributed by atoms with E-state index in [4.69, 9.17) is 11.6 Å². The zero-order valence-electron chi connectivity index (χ0n) is 17.7. The second-order valence-corrected chi connectivity index (χ2v) is 11.5. The molecule has 1 amide bonds. The SMILES string of the molecule is O=C(CN(c1ccccc1)S(=O)(=O)c1ccc(Cl)cc1)Nc1nnc(SCc2ccccc2)s1. The fraction of sp³-hybridized carbons (Fsp3) is 0.0870. The maximum atomic E-state index is 13.3. The quantitative estimate of drug-likeness (QED) is 0.233. The molecule has 174 valence electrons. The van der Waals surface area contributed by atoms with E-state index in [1.165, 1.54) is 47.4 Å². The van der Waals surface area contributed by atoms with Crippen molar-refractivity contribution in [2.75, 3.05) is 16.2 Å². The molecule has 1 heterocycles. The van der Waals surface area contributed by atoms with Crippen LogP contribution in [0.15, 0.2) is 94.2 Å². The van der Waals surface area contributed by atoms with Gasteiger partial charge in [-0.15, -0.1) is 10.2 Å². The molecule has 0 saturated heterocycles. The van der Waals surface area contributed by atoms with Gasteiger partial charge in [0.1, 0.15) is 6.54 Å². The number of nitrogens with zero attached hydrogens (tertiary/aromatic N) is 3. The minimum Gasteiger partial charge on any atom is -0.299 e. The zero-order valence-corrected chi connectivity index (χ0v) is 20.9. The Bertz CT molecular complexity index is 1350. The highest BCUT2D eigenvalue weighted by Gasteiger charge is 2.27. The molecule has 0 saturated carbocycles. The van der Waals surface area contributed by atoms with Crippen LogP contribution in [0.25, 0.3) is 0 Å². The van der Waals surface area contributed by atoms with Gasteiger partial charge in [-0.1, -0.05) is 83.2 Å². The molecule has 34 heavy (non-hydrogen) atoms. The number of carbonyl (C=O) groups is 1. The Morgan fingerprint density at radius 3 is 2.26 bits per heavy atom. The van der Waals surface area contributed by atoms with Crippen LogP contribution in [-0.2, 0) is 20.6 Å². The molecule has 11 heteroatoms. The lowest BCUT2D eigenvalue weighted by atomic mass is 10.2. The lowest BCUT2D eigenvalue weighted by Crippen LogP contribution is -2.38. The van der Waals surface area contributed by atoms with E-state index in [-0.39, 0.29) is 4.90 Å². The van der Waals surface area contributed by atoms with E-state index in [1.807, 2.05) is 30.3 Å². The Labute approximate surface area is 210 Å². The molecule has 4 aromatic rings. The number of nitrogens with one attached hydrogen (secondary N) is 1. The smallest absolute Gasteiger partial charge is 0.264 e. The fourth-order valence-electron chi connectivity index (χ4n) is 2.97. The van der Waals surface area contributed by atoms with Gasteiger partial charge in [0, 0.05) is 10.8 Å². The van der Waals surface area contributed by atoms with Gasteiger partial charge in [-0.2, -0.15) is 0 Å². The van der Waals surface area contributed by atoms with E-state index >= 15 is 0 Å². The number of thioether (sulfide) groups is 1. The fourth-order valence-corrected chi connectivity index (χ4v) is 6.24. The summed E-state index contributed by atoms with van der Waals surface area (Å²) < 4.78 is 28.4. The number of amides is 1. The summed E-state index contributed by atoms with van der Waals surface area (Å²) in [4.78, 5) is 12.8. The van der Waals surface area contributed by atoms with Gasteiger partial charge in [0.05, 0.1) is 10.6 Å². The molecule has 0 radical (unpaired) electrons. The minimum atomic E-state index is -4.02. The molecular formula is C23H19ClN4O3S3. The molecule has 0 aliphatic rings. The molecule has 1 aromatic heterocycles. The van der Waals surface area contributed by atoms with Crippen molar-refractivity contribution in [2.24, 2.45) is 0 Å². The van der Waals surface area contributed by atoms with Gasteiger partial charge in [0.2, 0.25) is 11.0 Å². The van der Waals surface area contributed by atoms with Crippen molar-refractivity contribution in [2.45, 2.75) is 15.0 Å². The summed E-state index contributed by atoms with van der Waals surface area (Å²) in [6, 6.07) is 24.2. The molecule has 0 fully saturated rings. The monoisotopic (exact) mass is 530 g/mol. The molecule has 3 aromatic carbocycles. The molecule has 0 aliphatic carbocycles. The Balaban J connectivity index is 1.47. The van der Waals surface area contributed by atoms with Crippen LogP contribution in [0.2, 0.25) is 5.02 Å². The van der Waals surface area contributed by atoms with Gasteiger partial charge in [-0.3, -0.25) is 14.4 Å². The number of rotatable bonds is 9. The van der Waals surface area contributed by atoms with Crippen LogP contribution in [0.4, 0.5) is 10.8 Å². The van der Waals surface area contributed by atoms with Gasteiger partial charge in [-0.25, -0.2) is 8.42 Å². The molecule has 0 spiro atoms. The first-order valence-corrected chi connectivity index (χ1v) is 13.7. The lowest BCUT2D eigenvalue weighted by Gasteiger charge is -2.23. The number of hydrogen-bond acceptors (Lipinski definition) is 7. The van der Waals surface area contributed by atoms with E-state index in [0.717, 1.165) is 15.6 Å². The molecule has 4 rings (SSSR count). The number of hydrogen-bond donors (Lipinski definition) is 1. The second-order valence-electron chi connectivity index (χ2n) is 7.00. The molecule has 1 N–H and O–H groups in total. The highest BCUT2D eigenvalue weighted by Crippen LogP contribution is 2.29. The largest absolute Gasteiger partial charge is 0.299 e. The van der Waals surface area contributed by atoms with Gasteiger partial charge in [-0.05, 0) is 42.0 Å². The third-order valence-electron chi connectivity index (χ3n) is 4.59. The summed E-state index contributed by atoms with van der Waals surface area (Å²) in [5, 5.41) is 11.5. The summed E-state index contributed by atoms with van der Waals surface area (Å²) in [6.45, 7) is -0.430. The van der Waals surface area contributed by atoms with Crippen LogP contribution < -0.4 is 9.62 Å². The minimum absolute atomic E-state index is 0.0315. The van der Waals surface area contributed by atoms with E-state index in [2.05, 4.69) is 15.5 Å². The van der Waals surface area contributed by atoms with Crippen molar-refractivity contribution in [1.29, 1.82) is 0 Å². The third kappa shape index (κ3) is 6.15. The van der Waals surface area contributed by atoms with Crippen molar-refractivity contribution in [3.8, 4) is 0 Å². The number of carbonyl (C=O) groups excluding carboxylic acids is 1. The average molecular weight is 531 g/mol. The summed E-state index contributed by atoms with van der Waals surface area (Å²) in [6.07, 6.45) is 0.